The van der Waals surface area contributed by atoms with Gasteiger partial charge >= 0.3 is 5.97 Å². The summed E-state index contributed by atoms with van der Waals surface area (Å²) in [5, 5.41) is 12.0. The van der Waals surface area contributed by atoms with Crippen LogP contribution in [0.25, 0.3) is 0 Å². The summed E-state index contributed by atoms with van der Waals surface area (Å²) in [6.07, 6.45) is 4.51. The predicted molar refractivity (Wildman–Crippen MR) is 76.9 cm³/mol. The van der Waals surface area contributed by atoms with Gasteiger partial charge in [0.05, 0.1) is 5.56 Å². The molecular formula is C15H17ClFNO3. The average Bonchev–Trinajstić information content (AvgIpc) is 2.47. The van der Waals surface area contributed by atoms with Gasteiger partial charge in [-0.2, -0.15) is 0 Å². The summed E-state index contributed by atoms with van der Waals surface area (Å²) in [4.78, 5) is 23.5. The lowest BCUT2D eigenvalue weighted by Crippen LogP contribution is -2.46. The van der Waals surface area contributed by atoms with E-state index in [0.29, 0.717) is 0 Å². The summed E-state index contributed by atoms with van der Waals surface area (Å²) >= 11 is 5.75. The Hall–Kier alpha value is -1.62. The number of carbonyl (C=O) groups excluding carboxylic acids is 1. The van der Waals surface area contributed by atoms with Gasteiger partial charge in [0.15, 0.2) is 0 Å². The van der Waals surface area contributed by atoms with E-state index in [1.54, 1.807) is 0 Å². The molecule has 0 aliphatic heterocycles. The van der Waals surface area contributed by atoms with E-state index in [-0.39, 0.29) is 16.5 Å². The van der Waals surface area contributed by atoms with Crippen molar-refractivity contribution in [3.8, 4) is 0 Å². The van der Waals surface area contributed by atoms with Crippen molar-refractivity contribution in [2.24, 2.45) is 5.92 Å². The topological polar surface area (TPSA) is 66.4 Å². The summed E-state index contributed by atoms with van der Waals surface area (Å²) in [6.45, 7) is 0. The molecule has 6 heteroatoms. The number of hydrogen-bond donors (Lipinski definition) is 2. The van der Waals surface area contributed by atoms with E-state index in [1.165, 1.54) is 12.1 Å². The zero-order valence-corrected chi connectivity index (χ0v) is 12.2. The molecule has 0 heterocycles. The minimum absolute atomic E-state index is 0.109. The van der Waals surface area contributed by atoms with E-state index >= 15 is 0 Å². The number of aliphatic carboxylic acids is 1. The second-order valence-electron chi connectivity index (χ2n) is 5.31. The van der Waals surface area contributed by atoms with Crippen LogP contribution in [0.1, 0.15) is 42.5 Å². The van der Waals surface area contributed by atoms with E-state index in [4.69, 9.17) is 11.6 Å². The van der Waals surface area contributed by atoms with Crippen LogP contribution in [-0.4, -0.2) is 23.0 Å². The van der Waals surface area contributed by atoms with Crippen molar-refractivity contribution in [3.05, 3.63) is 34.6 Å². The van der Waals surface area contributed by atoms with Crippen molar-refractivity contribution < 1.29 is 19.1 Å². The van der Waals surface area contributed by atoms with Crippen LogP contribution < -0.4 is 5.32 Å². The van der Waals surface area contributed by atoms with Gasteiger partial charge in [0.2, 0.25) is 0 Å². The van der Waals surface area contributed by atoms with Crippen LogP contribution in [0, 0.1) is 11.7 Å². The molecule has 0 bridgehead atoms. The van der Waals surface area contributed by atoms with E-state index < -0.39 is 23.7 Å². The monoisotopic (exact) mass is 313 g/mol. The zero-order valence-electron chi connectivity index (χ0n) is 11.4. The molecule has 2 N–H and O–H groups in total. The zero-order chi connectivity index (χ0) is 15.4. The molecule has 0 aromatic heterocycles. The molecule has 2 rings (SSSR count). The van der Waals surface area contributed by atoms with Crippen LogP contribution in [0.3, 0.4) is 0 Å². The molecule has 0 spiro atoms. The van der Waals surface area contributed by atoms with Crippen molar-refractivity contribution >= 4 is 23.5 Å². The van der Waals surface area contributed by atoms with Gasteiger partial charge in [0, 0.05) is 5.02 Å². The molecule has 1 aliphatic carbocycles. The molecule has 1 amide bonds. The van der Waals surface area contributed by atoms with Crippen LogP contribution >= 0.6 is 11.6 Å². The van der Waals surface area contributed by atoms with Crippen molar-refractivity contribution in [3.63, 3.8) is 0 Å². The van der Waals surface area contributed by atoms with E-state index in [0.717, 1.165) is 38.2 Å². The van der Waals surface area contributed by atoms with Gasteiger partial charge in [-0.1, -0.05) is 30.9 Å². The Morgan fingerprint density at radius 1 is 1.29 bits per heavy atom. The predicted octanol–water partition coefficient (Wildman–Crippen LogP) is 3.24. The summed E-state index contributed by atoms with van der Waals surface area (Å²) in [5.41, 5.74) is -0.232. The Balaban J connectivity index is 2.14. The van der Waals surface area contributed by atoms with Crippen molar-refractivity contribution in [2.75, 3.05) is 0 Å². The number of carboxylic acid groups (broad SMARTS) is 1. The Labute approximate surface area is 127 Å². The highest BCUT2D eigenvalue weighted by Crippen LogP contribution is 2.27. The highest BCUT2D eigenvalue weighted by Gasteiger charge is 2.31. The van der Waals surface area contributed by atoms with Crippen LogP contribution in [0.4, 0.5) is 4.39 Å². The van der Waals surface area contributed by atoms with E-state index in [2.05, 4.69) is 5.32 Å². The quantitative estimate of drug-likeness (QED) is 0.896. The minimum Gasteiger partial charge on any atom is -0.480 e. The molecular weight excluding hydrogens is 297 g/mol. The first-order valence-electron chi connectivity index (χ1n) is 6.98. The maximum atomic E-state index is 13.6. The number of nitrogens with one attached hydrogen (secondary N) is 1. The second kappa shape index (κ2) is 6.89. The highest BCUT2D eigenvalue weighted by atomic mass is 35.5. The first-order chi connectivity index (χ1) is 9.99. The standard InChI is InChI=1S/C15H17ClFNO3/c16-10-6-7-12(17)11(8-10)14(19)18-13(15(20)21)9-4-2-1-3-5-9/h6-9,13H,1-5H2,(H,18,19)(H,20,21). The fourth-order valence-corrected chi connectivity index (χ4v) is 2.91. The maximum Gasteiger partial charge on any atom is 0.326 e. The highest BCUT2D eigenvalue weighted by molar-refractivity contribution is 6.31. The molecule has 1 unspecified atom stereocenters. The number of rotatable bonds is 4. The smallest absolute Gasteiger partial charge is 0.326 e. The second-order valence-corrected chi connectivity index (χ2v) is 5.75. The normalized spacial score (nSPS) is 17.2. The van der Waals surface area contributed by atoms with Gasteiger partial charge in [0.1, 0.15) is 11.9 Å². The largest absolute Gasteiger partial charge is 0.480 e. The molecule has 21 heavy (non-hydrogen) atoms. The van der Waals surface area contributed by atoms with Crippen LogP contribution in [0.5, 0.6) is 0 Å². The maximum absolute atomic E-state index is 13.6. The molecule has 1 fully saturated rings. The number of benzene rings is 1. The minimum atomic E-state index is -1.09. The van der Waals surface area contributed by atoms with Gasteiger partial charge in [-0.05, 0) is 37.0 Å². The lowest BCUT2D eigenvalue weighted by atomic mass is 9.84. The molecule has 1 aromatic rings. The van der Waals surface area contributed by atoms with Crippen LogP contribution in [0.2, 0.25) is 5.02 Å². The molecule has 1 aromatic carbocycles. The summed E-state index contributed by atoms with van der Waals surface area (Å²) in [6, 6.07) is 2.64. The molecule has 1 saturated carbocycles. The van der Waals surface area contributed by atoms with Crippen molar-refractivity contribution in [1.82, 2.24) is 5.32 Å². The number of halogens is 2. The van der Waals surface area contributed by atoms with Gasteiger partial charge in [-0.25, -0.2) is 9.18 Å². The number of carboxylic acids is 1. The first kappa shape index (κ1) is 15.8. The number of hydrogen-bond acceptors (Lipinski definition) is 2. The molecule has 0 radical (unpaired) electrons. The fraction of sp³-hybridized carbons (Fsp3) is 0.467. The molecule has 114 valence electrons. The van der Waals surface area contributed by atoms with E-state index in [1.807, 2.05) is 0 Å². The molecule has 0 saturated heterocycles. The van der Waals surface area contributed by atoms with Gasteiger partial charge < -0.3 is 10.4 Å². The Morgan fingerprint density at radius 3 is 2.57 bits per heavy atom. The van der Waals surface area contributed by atoms with E-state index in [9.17, 15) is 19.1 Å². The van der Waals surface area contributed by atoms with Gasteiger partial charge in [-0.3, -0.25) is 4.79 Å². The lowest BCUT2D eigenvalue weighted by Gasteiger charge is -2.28. The summed E-state index contributed by atoms with van der Waals surface area (Å²) < 4.78 is 13.6. The lowest BCUT2D eigenvalue weighted by molar-refractivity contribution is -0.141. The molecule has 4 nitrogen and oxygen atoms in total. The van der Waals surface area contributed by atoms with Gasteiger partial charge in [0.25, 0.3) is 5.91 Å². The van der Waals surface area contributed by atoms with Crippen molar-refractivity contribution in [1.29, 1.82) is 0 Å². The van der Waals surface area contributed by atoms with Gasteiger partial charge in [-0.15, -0.1) is 0 Å². The third-order valence-corrected chi connectivity index (χ3v) is 4.08. The van der Waals surface area contributed by atoms with Crippen LogP contribution in [0.15, 0.2) is 18.2 Å². The Bertz CT molecular complexity index is 544. The Kier molecular flexibility index (Phi) is 5.17. The molecule has 1 aliphatic rings. The third-order valence-electron chi connectivity index (χ3n) is 3.85. The van der Waals surface area contributed by atoms with Crippen LogP contribution in [-0.2, 0) is 4.79 Å². The number of carbonyl (C=O) groups is 2. The summed E-state index contributed by atoms with van der Waals surface area (Å²) in [5.74, 6) is -2.65. The first-order valence-corrected chi connectivity index (χ1v) is 7.35. The SMILES string of the molecule is O=C(NC(C(=O)O)C1CCCCC1)c1cc(Cl)ccc1F. The average molecular weight is 314 g/mol. The molecule has 1 atom stereocenters. The van der Waals surface area contributed by atoms with Crippen molar-refractivity contribution in [2.45, 2.75) is 38.1 Å². The Morgan fingerprint density at radius 2 is 1.95 bits per heavy atom. The number of amides is 1. The fourth-order valence-electron chi connectivity index (χ4n) is 2.74. The third kappa shape index (κ3) is 3.94. The summed E-state index contributed by atoms with van der Waals surface area (Å²) in [7, 11) is 0.